The van der Waals surface area contributed by atoms with Gasteiger partial charge in [0.2, 0.25) is 10.0 Å². The van der Waals surface area contributed by atoms with E-state index in [1.807, 2.05) is 0 Å². The Bertz CT molecular complexity index is 763. The maximum atomic E-state index is 13.8. The van der Waals surface area contributed by atoms with E-state index in [9.17, 15) is 12.8 Å². The quantitative estimate of drug-likeness (QED) is 0.848. The number of halogens is 1. The zero-order chi connectivity index (χ0) is 15.6. The van der Waals surface area contributed by atoms with Gasteiger partial charge in [-0.2, -0.15) is 0 Å². The minimum absolute atomic E-state index is 0.0631. The van der Waals surface area contributed by atoms with E-state index < -0.39 is 10.0 Å². The number of benzene rings is 2. The minimum atomic E-state index is -3.56. The summed E-state index contributed by atoms with van der Waals surface area (Å²) in [6.07, 6.45) is 0. The monoisotopic (exact) mass is 309 g/mol. The Labute approximate surface area is 123 Å². The molecule has 0 saturated heterocycles. The van der Waals surface area contributed by atoms with E-state index >= 15 is 0 Å². The lowest BCUT2D eigenvalue weighted by molar-refractivity contribution is 0.588. The third-order valence-corrected chi connectivity index (χ3v) is 4.57. The van der Waals surface area contributed by atoms with Crippen molar-refractivity contribution in [2.75, 3.05) is 24.7 Å². The SMILES string of the molecule is CNS(=O)(=O)c1ccc(N(C)c2ccccc2F)c(N)c1. The molecule has 2 rings (SSSR count). The van der Waals surface area contributed by atoms with Crippen LogP contribution in [0.2, 0.25) is 0 Å². The molecule has 0 aliphatic carbocycles. The second-order valence-electron chi connectivity index (χ2n) is 4.44. The van der Waals surface area contributed by atoms with Gasteiger partial charge >= 0.3 is 0 Å². The van der Waals surface area contributed by atoms with E-state index in [-0.39, 0.29) is 16.4 Å². The van der Waals surface area contributed by atoms with Gasteiger partial charge in [-0.25, -0.2) is 17.5 Å². The van der Waals surface area contributed by atoms with Crippen molar-refractivity contribution in [1.29, 1.82) is 0 Å². The maximum Gasteiger partial charge on any atom is 0.240 e. The van der Waals surface area contributed by atoms with Gasteiger partial charge in [0.05, 0.1) is 22.0 Å². The summed E-state index contributed by atoms with van der Waals surface area (Å²) < 4.78 is 39.4. The highest BCUT2D eigenvalue weighted by atomic mass is 32.2. The van der Waals surface area contributed by atoms with Crippen LogP contribution in [0.4, 0.5) is 21.5 Å². The molecule has 7 heteroatoms. The summed E-state index contributed by atoms with van der Waals surface area (Å²) in [7, 11) is -0.571. The smallest absolute Gasteiger partial charge is 0.240 e. The highest BCUT2D eigenvalue weighted by Crippen LogP contribution is 2.31. The number of para-hydroxylation sites is 1. The van der Waals surface area contributed by atoms with Gasteiger partial charge in [-0.05, 0) is 37.4 Å². The number of nitrogen functional groups attached to an aromatic ring is 1. The third-order valence-electron chi connectivity index (χ3n) is 3.15. The van der Waals surface area contributed by atoms with Crippen LogP contribution < -0.4 is 15.4 Å². The van der Waals surface area contributed by atoms with E-state index in [0.29, 0.717) is 11.4 Å². The van der Waals surface area contributed by atoms with Gasteiger partial charge in [0.25, 0.3) is 0 Å². The standard InChI is InChI=1S/C14H16FN3O2S/c1-17-21(19,20)10-7-8-14(12(16)9-10)18(2)13-6-4-3-5-11(13)15/h3-9,17H,16H2,1-2H3. The fourth-order valence-electron chi connectivity index (χ4n) is 1.98. The van der Waals surface area contributed by atoms with Crippen LogP contribution in [0, 0.1) is 5.82 Å². The van der Waals surface area contributed by atoms with Crippen LogP contribution in [0.15, 0.2) is 47.4 Å². The third kappa shape index (κ3) is 2.98. The molecule has 0 aliphatic heterocycles. The normalized spacial score (nSPS) is 11.4. The highest BCUT2D eigenvalue weighted by Gasteiger charge is 2.16. The molecular weight excluding hydrogens is 293 g/mol. The van der Waals surface area contributed by atoms with Crippen molar-refractivity contribution < 1.29 is 12.8 Å². The Kier molecular flexibility index (Phi) is 4.15. The Morgan fingerprint density at radius 2 is 1.81 bits per heavy atom. The maximum absolute atomic E-state index is 13.8. The zero-order valence-electron chi connectivity index (χ0n) is 11.7. The van der Waals surface area contributed by atoms with Crippen molar-refractivity contribution >= 4 is 27.1 Å². The van der Waals surface area contributed by atoms with Gasteiger partial charge in [-0.1, -0.05) is 12.1 Å². The lowest BCUT2D eigenvalue weighted by Gasteiger charge is -2.22. The number of nitrogens with zero attached hydrogens (tertiary/aromatic N) is 1. The predicted molar refractivity (Wildman–Crippen MR) is 81.6 cm³/mol. The summed E-state index contributed by atoms with van der Waals surface area (Å²) in [5, 5.41) is 0. The van der Waals surface area contributed by atoms with Gasteiger partial charge in [0.15, 0.2) is 0 Å². The number of sulfonamides is 1. The van der Waals surface area contributed by atoms with Crippen LogP contribution in [0.3, 0.4) is 0 Å². The number of nitrogens with one attached hydrogen (secondary N) is 1. The molecule has 0 aliphatic rings. The second kappa shape index (κ2) is 5.71. The first kappa shape index (κ1) is 15.3. The van der Waals surface area contributed by atoms with Gasteiger partial charge in [0, 0.05) is 7.05 Å². The predicted octanol–water partition coefficient (Wildman–Crippen LogP) is 2.08. The Morgan fingerprint density at radius 1 is 1.14 bits per heavy atom. The first-order chi connectivity index (χ1) is 9.86. The Balaban J connectivity index is 2.45. The average molecular weight is 309 g/mol. The summed E-state index contributed by atoms with van der Waals surface area (Å²) in [6, 6.07) is 10.6. The van der Waals surface area contributed by atoms with Crippen molar-refractivity contribution in [3.05, 3.63) is 48.3 Å². The number of rotatable bonds is 4. The molecule has 21 heavy (non-hydrogen) atoms. The number of hydrogen-bond donors (Lipinski definition) is 2. The van der Waals surface area contributed by atoms with Crippen LogP contribution in [0.1, 0.15) is 0 Å². The van der Waals surface area contributed by atoms with E-state index in [2.05, 4.69) is 4.72 Å². The molecule has 0 aromatic heterocycles. The van der Waals surface area contributed by atoms with Gasteiger partial charge < -0.3 is 10.6 Å². The molecule has 2 aromatic rings. The van der Waals surface area contributed by atoms with Crippen LogP contribution in [-0.4, -0.2) is 22.5 Å². The second-order valence-corrected chi connectivity index (χ2v) is 6.33. The molecule has 0 heterocycles. The van der Waals surface area contributed by atoms with Crippen molar-refractivity contribution in [3.63, 3.8) is 0 Å². The van der Waals surface area contributed by atoms with E-state index in [0.717, 1.165) is 0 Å². The first-order valence-electron chi connectivity index (χ1n) is 6.18. The lowest BCUT2D eigenvalue weighted by atomic mass is 10.2. The van der Waals surface area contributed by atoms with Crippen molar-refractivity contribution in [3.8, 4) is 0 Å². The van der Waals surface area contributed by atoms with E-state index in [1.165, 1.54) is 25.2 Å². The summed E-state index contributed by atoms with van der Waals surface area (Å²) >= 11 is 0. The summed E-state index contributed by atoms with van der Waals surface area (Å²) in [6.45, 7) is 0. The van der Waals surface area contributed by atoms with Crippen molar-refractivity contribution in [2.24, 2.45) is 0 Å². The number of hydrogen-bond acceptors (Lipinski definition) is 4. The van der Waals surface area contributed by atoms with Crippen LogP contribution in [0.25, 0.3) is 0 Å². The molecule has 0 atom stereocenters. The molecule has 0 saturated carbocycles. The molecule has 0 bridgehead atoms. The van der Waals surface area contributed by atoms with Gasteiger partial charge in [0.1, 0.15) is 5.82 Å². The fourth-order valence-corrected chi connectivity index (χ4v) is 2.74. The molecule has 0 amide bonds. The Hall–Kier alpha value is -2.12. The molecular formula is C14H16FN3O2S. The zero-order valence-corrected chi connectivity index (χ0v) is 12.5. The fraction of sp³-hybridized carbons (Fsp3) is 0.143. The minimum Gasteiger partial charge on any atom is -0.397 e. The topological polar surface area (TPSA) is 75.4 Å². The van der Waals surface area contributed by atoms with Crippen molar-refractivity contribution in [2.45, 2.75) is 4.90 Å². The molecule has 0 spiro atoms. The summed E-state index contributed by atoms with van der Waals surface area (Å²) in [4.78, 5) is 1.63. The number of nitrogens with two attached hydrogens (primary N) is 1. The van der Waals surface area contributed by atoms with Crippen LogP contribution in [0.5, 0.6) is 0 Å². The lowest BCUT2D eigenvalue weighted by Crippen LogP contribution is -2.19. The highest BCUT2D eigenvalue weighted by molar-refractivity contribution is 7.89. The van der Waals surface area contributed by atoms with E-state index in [1.54, 1.807) is 36.2 Å². The largest absolute Gasteiger partial charge is 0.397 e. The van der Waals surface area contributed by atoms with Gasteiger partial charge in [-0.3, -0.25) is 0 Å². The molecule has 0 unspecified atom stereocenters. The average Bonchev–Trinajstić information content (AvgIpc) is 2.47. The molecule has 112 valence electrons. The van der Waals surface area contributed by atoms with E-state index in [4.69, 9.17) is 5.73 Å². The Morgan fingerprint density at radius 3 is 2.38 bits per heavy atom. The van der Waals surface area contributed by atoms with Gasteiger partial charge in [-0.15, -0.1) is 0 Å². The summed E-state index contributed by atoms with van der Waals surface area (Å²) in [5.74, 6) is -0.383. The van der Waals surface area contributed by atoms with Crippen LogP contribution >= 0.6 is 0 Å². The number of anilines is 3. The van der Waals surface area contributed by atoms with Crippen molar-refractivity contribution in [1.82, 2.24) is 4.72 Å². The van der Waals surface area contributed by atoms with Crippen LogP contribution in [-0.2, 0) is 10.0 Å². The first-order valence-corrected chi connectivity index (χ1v) is 7.66. The molecule has 3 N–H and O–H groups in total. The molecule has 0 fully saturated rings. The molecule has 0 radical (unpaired) electrons. The summed E-state index contributed by atoms with van der Waals surface area (Å²) in [5.41, 5.74) is 7.03. The molecule has 2 aromatic carbocycles. The molecule has 5 nitrogen and oxygen atoms in total.